The van der Waals surface area contributed by atoms with Crippen LogP contribution in [0.1, 0.15) is 105 Å². The van der Waals surface area contributed by atoms with Crippen LogP contribution in [0.15, 0.2) is 54.6 Å². The largest absolute Gasteiger partial charge is 0.445 e. The summed E-state index contributed by atoms with van der Waals surface area (Å²) < 4.78 is 45.7. The van der Waals surface area contributed by atoms with Gasteiger partial charge in [-0.3, -0.25) is 53.0 Å². The van der Waals surface area contributed by atoms with E-state index in [0.29, 0.717) is 36.9 Å². The monoisotopic (exact) mass is 1200 g/mol. The van der Waals surface area contributed by atoms with Crippen LogP contribution in [-0.4, -0.2) is 187 Å². The van der Waals surface area contributed by atoms with Gasteiger partial charge in [0.05, 0.1) is 55.8 Å². The zero-order valence-electron chi connectivity index (χ0n) is 50.7. The molecule has 2 aliphatic heterocycles. The molecule has 85 heavy (non-hydrogen) atoms. The van der Waals surface area contributed by atoms with Crippen molar-refractivity contribution in [2.24, 2.45) is 23.7 Å². The minimum absolute atomic E-state index is 0.0543. The molecule has 0 aliphatic carbocycles. The molecular weight excluding hydrogens is 1110 g/mol. The SMILES string of the molecule is CC[C@H](C)C([C@@H](CC(=O)N1C[C@@H](O)C[C@H]1[C@H](OC)[C@@H](C)C(=O)NCCc1c(F)cccc1F)OC)N(C)C(=O)CNC(=O)C(C(C)C)N(C)C(=O)OCc1ccc(NC(=O)CNC(=O)C(NC(=O)CCCCCN2C(=O)C=CC2=O)C(C)C)cc1. The fraction of sp³-hybridized carbons (Fsp3) is 0.600. The van der Waals surface area contributed by atoms with Crippen LogP contribution in [0.5, 0.6) is 0 Å². The lowest BCUT2D eigenvalue weighted by Gasteiger charge is -2.39. The Hall–Kier alpha value is -7.38. The zero-order valence-corrected chi connectivity index (χ0v) is 50.7. The normalized spacial score (nSPS) is 17.4. The minimum atomic E-state index is -1.06. The maximum absolute atomic E-state index is 14.2. The van der Waals surface area contributed by atoms with E-state index in [9.17, 15) is 61.8 Å². The number of unbranched alkanes of at least 4 members (excludes halogenated alkanes) is 2. The maximum Gasteiger partial charge on any atom is 0.410 e. The Bertz CT molecular complexity index is 2640. The molecule has 2 heterocycles. The van der Waals surface area contributed by atoms with Gasteiger partial charge in [-0.2, -0.15) is 0 Å². The summed E-state index contributed by atoms with van der Waals surface area (Å²) in [5, 5.41) is 24.1. The number of nitrogens with one attached hydrogen (secondary N) is 5. The van der Waals surface area contributed by atoms with Crippen molar-refractivity contribution in [2.75, 3.05) is 66.4 Å². The number of β-amino-alcohol motifs (C(OH)–C–C–N with tert-alkyl or cyclic N) is 1. The van der Waals surface area contributed by atoms with Gasteiger partial charge in [-0.25, -0.2) is 13.6 Å². The van der Waals surface area contributed by atoms with Crippen LogP contribution in [-0.2, 0) is 70.4 Å². The van der Waals surface area contributed by atoms with E-state index in [1.165, 1.54) is 49.3 Å². The van der Waals surface area contributed by atoms with Crippen molar-refractivity contribution in [1.82, 2.24) is 40.9 Å². The van der Waals surface area contributed by atoms with Crippen molar-refractivity contribution in [3.63, 3.8) is 0 Å². The number of halogens is 2. The number of likely N-dealkylation sites (N-methyl/N-ethyl adjacent to an activating group) is 2. The highest BCUT2D eigenvalue weighted by Gasteiger charge is 2.45. The lowest BCUT2D eigenvalue weighted by molar-refractivity contribution is -0.146. The number of rotatable bonds is 33. The summed E-state index contributed by atoms with van der Waals surface area (Å²) in [6.45, 7) is 11.5. The third-order valence-corrected chi connectivity index (χ3v) is 15.6. The van der Waals surface area contributed by atoms with Crippen molar-refractivity contribution in [2.45, 2.75) is 149 Å². The van der Waals surface area contributed by atoms with Gasteiger partial charge in [0.1, 0.15) is 30.3 Å². The first-order valence-corrected chi connectivity index (χ1v) is 28.9. The van der Waals surface area contributed by atoms with E-state index in [-0.39, 0.29) is 93.6 Å². The molecule has 0 radical (unpaired) electrons. The standard InChI is InChI=1S/C60H87F2N9O14/c1-12-37(6)55(46(83-10)30-51(77)71-33-41(72)29-45(71)56(84-11)38(7)57(79)63-27-26-42-43(61)17-16-18-44(42)62)68(8)52(78)32-65-59(81)54(36(4)5)69(9)60(82)85-34-39-20-22-40(23-21-39)66-48(74)31-64-58(80)53(35(2)3)67-47(73)19-14-13-15-28-70-49(75)24-25-50(70)76/h16-18,20-25,35-38,41,45-46,53-56,72H,12-15,19,26-34H2,1-11H3,(H,63,79)(H,64,80)(H,65,81)(H,66,74)(H,67,73)/t37-,38+,41-,45-,46+,53?,54?,55?,56+/m0/s1. The molecule has 0 aromatic heterocycles. The number of hydrogen-bond acceptors (Lipinski definition) is 14. The number of methoxy groups -OCH3 is 2. The molecule has 4 rings (SSSR count). The molecule has 0 bridgehead atoms. The van der Waals surface area contributed by atoms with Gasteiger partial charge in [-0.05, 0) is 73.3 Å². The highest BCUT2D eigenvalue weighted by atomic mass is 19.1. The molecule has 1 saturated heterocycles. The van der Waals surface area contributed by atoms with E-state index in [1.807, 2.05) is 13.8 Å². The molecule has 2 aromatic carbocycles. The molecule has 470 valence electrons. The number of aliphatic hydroxyl groups excluding tert-OH is 1. The van der Waals surface area contributed by atoms with Gasteiger partial charge in [-0.15, -0.1) is 0 Å². The summed E-state index contributed by atoms with van der Waals surface area (Å²) in [5.74, 6) is -7.44. The van der Waals surface area contributed by atoms with Crippen LogP contribution in [0.3, 0.4) is 0 Å². The predicted molar refractivity (Wildman–Crippen MR) is 309 cm³/mol. The highest BCUT2D eigenvalue weighted by molar-refractivity contribution is 6.12. The number of carbonyl (C=O) groups excluding carboxylic acids is 10. The van der Waals surface area contributed by atoms with Crippen LogP contribution in [0.25, 0.3) is 0 Å². The summed E-state index contributed by atoms with van der Waals surface area (Å²) >= 11 is 0. The van der Waals surface area contributed by atoms with Gasteiger partial charge < -0.3 is 55.7 Å². The van der Waals surface area contributed by atoms with E-state index >= 15 is 0 Å². The van der Waals surface area contributed by atoms with Crippen LogP contribution in [0, 0.1) is 35.3 Å². The molecule has 3 unspecified atom stereocenters. The molecule has 23 nitrogen and oxygen atoms in total. The van der Waals surface area contributed by atoms with Crippen LogP contribution < -0.4 is 26.6 Å². The third kappa shape index (κ3) is 20.4. The van der Waals surface area contributed by atoms with Gasteiger partial charge in [-0.1, -0.05) is 79.5 Å². The number of hydrogen-bond donors (Lipinski definition) is 6. The van der Waals surface area contributed by atoms with Crippen LogP contribution >= 0.6 is 0 Å². The zero-order chi connectivity index (χ0) is 63.2. The van der Waals surface area contributed by atoms with Gasteiger partial charge in [0.25, 0.3) is 11.8 Å². The molecule has 0 spiro atoms. The Balaban J connectivity index is 1.25. The molecule has 25 heteroatoms. The van der Waals surface area contributed by atoms with Crippen molar-refractivity contribution >= 4 is 64.9 Å². The lowest BCUT2D eigenvalue weighted by atomic mass is 9.90. The highest BCUT2D eigenvalue weighted by Crippen LogP contribution is 2.30. The molecule has 9 atom stereocenters. The quantitative estimate of drug-likeness (QED) is 0.0440. The first-order valence-electron chi connectivity index (χ1n) is 28.9. The molecular formula is C60H87F2N9O14. The van der Waals surface area contributed by atoms with Crippen molar-refractivity contribution < 1.29 is 76.0 Å². The lowest BCUT2D eigenvalue weighted by Crippen LogP contribution is -2.55. The second-order valence-electron chi connectivity index (χ2n) is 22.4. The van der Waals surface area contributed by atoms with Gasteiger partial charge >= 0.3 is 6.09 Å². The number of carbonyl (C=O) groups is 10. The Kier molecular flexibility index (Phi) is 28.0. The first kappa shape index (κ1) is 70.1. The molecule has 6 N–H and O–H groups in total. The molecule has 2 aliphatic rings. The smallest absolute Gasteiger partial charge is 0.410 e. The van der Waals surface area contributed by atoms with Gasteiger partial charge in [0, 0.05) is 77.8 Å². The van der Waals surface area contributed by atoms with E-state index in [4.69, 9.17) is 14.2 Å². The van der Waals surface area contributed by atoms with Crippen molar-refractivity contribution in [3.05, 3.63) is 77.4 Å². The first-order chi connectivity index (χ1) is 40.2. The second-order valence-corrected chi connectivity index (χ2v) is 22.4. The summed E-state index contributed by atoms with van der Waals surface area (Å²) in [4.78, 5) is 136. The number of imide groups is 1. The fourth-order valence-electron chi connectivity index (χ4n) is 10.6. The van der Waals surface area contributed by atoms with Crippen molar-refractivity contribution in [3.8, 4) is 0 Å². The summed E-state index contributed by atoms with van der Waals surface area (Å²) in [7, 11) is 5.75. The Morgan fingerprint density at radius 3 is 1.99 bits per heavy atom. The van der Waals surface area contributed by atoms with Crippen molar-refractivity contribution in [1.29, 1.82) is 0 Å². The van der Waals surface area contributed by atoms with Crippen LogP contribution in [0.4, 0.5) is 19.3 Å². The number of ether oxygens (including phenoxy) is 3. The summed E-state index contributed by atoms with van der Waals surface area (Å²) in [5.41, 5.74) is 0.771. The molecule has 0 saturated carbocycles. The summed E-state index contributed by atoms with van der Waals surface area (Å²) in [6.07, 6.45) is 1.03. The summed E-state index contributed by atoms with van der Waals surface area (Å²) in [6, 6.07) is 6.51. The number of aliphatic hydroxyl groups is 1. The third-order valence-electron chi connectivity index (χ3n) is 15.6. The molecule has 2 aromatic rings. The Morgan fingerprint density at radius 1 is 0.765 bits per heavy atom. The van der Waals surface area contributed by atoms with E-state index in [0.717, 1.165) is 21.9 Å². The van der Waals surface area contributed by atoms with Gasteiger partial charge in [0.2, 0.25) is 41.4 Å². The van der Waals surface area contributed by atoms with E-state index in [2.05, 4.69) is 26.6 Å². The predicted octanol–water partition coefficient (Wildman–Crippen LogP) is 3.60. The number of likely N-dealkylation sites (tertiary alicyclic amines) is 1. The van der Waals surface area contributed by atoms with Gasteiger partial charge in [0.15, 0.2) is 0 Å². The number of amides is 10. The Morgan fingerprint density at radius 2 is 1.40 bits per heavy atom. The second kappa shape index (κ2) is 33.9. The molecule has 10 amide bonds. The van der Waals surface area contributed by atoms with E-state index < -0.39 is 114 Å². The number of nitrogens with zero attached hydrogens (tertiary/aromatic N) is 4. The average Bonchev–Trinajstić information content (AvgIpc) is 4.28. The average molecular weight is 1200 g/mol. The minimum Gasteiger partial charge on any atom is -0.445 e. The Labute approximate surface area is 496 Å². The van der Waals surface area contributed by atoms with Crippen LogP contribution in [0.2, 0.25) is 0 Å². The number of anilines is 1. The van der Waals surface area contributed by atoms with E-state index in [1.54, 1.807) is 65.9 Å². The number of benzene rings is 2. The fourth-order valence-corrected chi connectivity index (χ4v) is 10.6. The molecule has 1 fully saturated rings. The maximum atomic E-state index is 14.2. The topological polar surface area (TPSA) is 292 Å².